The summed E-state index contributed by atoms with van der Waals surface area (Å²) < 4.78 is 2.18. The molecule has 0 spiro atoms. The second-order valence-corrected chi connectivity index (χ2v) is 4.48. The number of nitrogens with zero attached hydrogens (tertiary/aromatic N) is 2. The van der Waals surface area contributed by atoms with Gasteiger partial charge in [0, 0.05) is 18.3 Å². The van der Waals surface area contributed by atoms with E-state index in [1.807, 2.05) is 0 Å². The fourth-order valence-electron chi connectivity index (χ4n) is 2.22. The van der Waals surface area contributed by atoms with E-state index in [0.29, 0.717) is 0 Å². The highest BCUT2D eigenvalue weighted by molar-refractivity contribution is 5.27. The fraction of sp³-hybridized carbons (Fsp3) is 0.769. The van der Waals surface area contributed by atoms with Crippen molar-refractivity contribution in [3.05, 3.63) is 17.0 Å². The minimum Gasteiger partial charge on any atom is -0.328 e. The van der Waals surface area contributed by atoms with Crippen LogP contribution in [-0.4, -0.2) is 15.8 Å². The molecule has 1 aromatic rings. The van der Waals surface area contributed by atoms with E-state index in [0.717, 1.165) is 32.2 Å². The molecule has 0 saturated heterocycles. The van der Waals surface area contributed by atoms with Crippen LogP contribution in [0.4, 0.5) is 0 Å². The molecule has 0 saturated carbocycles. The Morgan fingerprint density at radius 3 is 2.38 bits per heavy atom. The fourth-order valence-corrected chi connectivity index (χ4v) is 2.22. The largest absolute Gasteiger partial charge is 0.328 e. The molecular weight excluding hydrogens is 198 g/mol. The summed E-state index contributed by atoms with van der Waals surface area (Å²) in [6, 6.07) is 0.217. The first-order chi connectivity index (χ1) is 7.63. The van der Waals surface area contributed by atoms with Gasteiger partial charge in [-0.15, -0.1) is 0 Å². The molecule has 16 heavy (non-hydrogen) atoms. The molecular formula is C13H25N3. The van der Waals surface area contributed by atoms with Crippen LogP contribution in [0.5, 0.6) is 0 Å². The lowest BCUT2D eigenvalue weighted by molar-refractivity contribution is 0.570. The molecule has 3 nitrogen and oxygen atoms in total. The molecule has 0 aliphatic heterocycles. The summed E-state index contributed by atoms with van der Waals surface area (Å²) in [4.78, 5) is 0. The SMILES string of the molecule is CCCn1nc(CC)c(CC(C)N)c1CC. The standard InChI is InChI=1S/C13H25N3/c1-5-8-16-13(7-3)11(9-10(4)14)12(6-2)15-16/h10H,5-9,14H2,1-4H3. The molecule has 92 valence electrons. The van der Waals surface area contributed by atoms with Gasteiger partial charge in [0.15, 0.2) is 0 Å². The van der Waals surface area contributed by atoms with Crippen molar-refractivity contribution in [2.24, 2.45) is 5.73 Å². The van der Waals surface area contributed by atoms with Gasteiger partial charge in [0.05, 0.1) is 5.69 Å². The molecule has 2 N–H and O–H groups in total. The lowest BCUT2D eigenvalue weighted by Crippen LogP contribution is -2.19. The lowest BCUT2D eigenvalue weighted by Gasteiger charge is -2.09. The van der Waals surface area contributed by atoms with Crippen molar-refractivity contribution in [1.29, 1.82) is 0 Å². The Bertz CT molecular complexity index is 326. The average molecular weight is 223 g/mol. The van der Waals surface area contributed by atoms with Gasteiger partial charge in [-0.1, -0.05) is 20.8 Å². The van der Waals surface area contributed by atoms with E-state index in [2.05, 4.69) is 32.4 Å². The first-order valence-electron chi connectivity index (χ1n) is 6.46. The molecule has 1 rings (SSSR count). The van der Waals surface area contributed by atoms with Crippen LogP contribution in [0.2, 0.25) is 0 Å². The Hall–Kier alpha value is -0.830. The van der Waals surface area contributed by atoms with Crippen LogP contribution in [0, 0.1) is 0 Å². The van der Waals surface area contributed by atoms with E-state index in [1.165, 1.54) is 17.0 Å². The molecule has 1 atom stereocenters. The van der Waals surface area contributed by atoms with E-state index in [-0.39, 0.29) is 6.04 Å². The highest BCUT2D eigenvalue weighted by Crippen LogP contribution is 2.18. The first kappa shape index (κ1) is 13.2. The van der Waals surface area contributed by atoms with Crippen molar-refractivity contribution in [3.63, 3.8) is 0 Å². The molecule has 0 aliphatic carbocycles. The summed E-state index contributed by atoms with van der Waals surface area (Å²) in [5.74, 6) is 0. The van der Waals surface area contributed by atoms with Crippen molar-refractivity contribution in [1.82, 2.24) is 9.78 Å². The van der Waals surface area contributed by atoms with E-state index in [9.17, 15) is 0 Å². The molecule has 1 unspecified atom stereocenters. The minimum atomic E-state index is 0.217. The van der Waals surface area contributed by atoms with Crippen molar-refractivity contribution in [2.75, 3.05) is 0 Å². The molecule has 0 aliphatic rings. The lowest BCUT2D eigenvalue weighted by atomic mass is 10.0. The summed E-state index contributed by atoms with van der Waals surface area (Å²) in [6.07, 6.45) is 4.15. The van der Waals surface area contributed by atoms with Gasteiger partial charge in [0.25, 0.3) is 0 Å². The van der Waals surface area contributed by atoms with Crippen molar-refractivity contribution < 1.29 is 0 Å². The zero-order valence-corrected chi connectivity index (χ0v) is 11.1. The number of hydrogen-bond acceptors (Lipinski definition) is 2. The Morgan fingerprint density at radius 1 is 1.25 bits per heavy atom. The summed E-state index contributed by atoms with van der Waals surface area (Å²) in [7, 11) is 0. The number of rotatable bonds is 6. The molecule has 0 fully saturated rings. The van der Waals surface area contributed by atoms with Crippen molar-refractivity contribution >= 4 is 0 Å². The Balaban J connectivity index is 3.09. The van der Waals surface area contributed by atoms with Crippen molar-refractivity contribution in [2.45, 2.75) is 66.0 Å². The third-order valence-corrected chi connectivity index (χ3v) is 2.88. The first-order valence-corrected chi connectivity index (χ1v) is 6.46. The monoisotopic (exact) mass is 223 g/mol. The van der Waals surface area contributed by atoms with E-state index in [4.69, 9.17) is 10.8 Å². The maximum Gasteiger partial charge on any atom is 0.0657 e. The average Bonchev–Trinajstić information content (AvgIpc) is 2.55. The summed E-state index contributed by atoms with van der Waals surface area (Å²) in [5.41, 5.74) is 9.94. The number of aryl methyl sites for hydroxylation is 2. The molecule has 0 aromatic carbocycles. The van der Waals surface area contributed by atoms with Gasteiger partial charge in [-0.2, -0.15) is 5.10 Å². The third-order valence-electron chi connectivity index (χ3n) is 2.88. The second kappa shape index (κ2) is 6.04. The highest BCUT2D eigenvalue weighted by atomic mass is 15.3. The third kappa shape index (κ3) is 2.85. The summed E-state index contributed by atoms with van der Waals surface area (Å²) in [6.45, 7) is 9.65. The van der Waals surface area contributed by atoms with Gasteiger partial charge in [-0.05, 0) is 38.2 Å². The van der Waals surface area contributed by atoms with Gasteiger partial charge < -0.3 is 5.73 Å². The van der Waals surface area contributed by atoms with Gasteiger partial charge >= 0.3 is 0 Å². The minimum absolute atomic E-state index is 0.217. The molecule has 0 amide bonds. The molecule has 1 heterocycles. The molecule has 3 heteroatoms. The number of hydrogen-bond donors (Lipinski definition) is 1. The topological polar surface area (TPSA) is 43.8 Å². The Morgan fingerprint density at radius 2 is 1.94 bits per heavy atom. The predicted molar refractivity (Wildman–Crippen MR) is 68.6 cm³/mol. The maximum absolute atomic E-state index is 5.92. The smallest absolute Gasteiger partial charge is 0.0657 e. The molecule has 0 radical (unpaired) electrons. The zero-order valence-electron chi connectivity index (χ0n) is 11.1. The summed E-state index contributed by atoms with van der Waals surface area (Å²) >= 11 is 0. The second-order valence-electron chi connectivity index (χ2n) is 4.48. The number of aromatic nitrogens is 2. The van der Waals surface area contributed by atoms with Crippen LogP contribution in [-0.2, 0) is 25.8 Å². The van der Waals surface area contributed by atoms with Gasteiger partial charge in [-0.25, -0.2) is 0 Å². The van der Waals surface area contributed by atoms with Gasteiger partial charge in [-0.3, -0.25) is 4.68 Å². The van der Waals surface area contributed by atoms with Crippen LogP contribution in [0.15, 0.2) is 0 Å². The normalized spacial score (nSPS) is 13.1. The van der Waals surface area contributed by atoms with Crippen LogP contribution < -0.4 is 5.73 Å². The van der Waals surface area contributed by atoms with Crippen molar-refractivity contribution in [3.8, 4) is 0 Å². The van der Waals surface area contributed by atoms with Gasteiger partial charge in [0.2, 0.25) is 0 Å². The van der Waals surface area contributed by atoms with Crippen LogP contribution in [0.25, 0.3) is 0 Å². The number of nitrogens with two attached hydrogens (primary N) is 1. The molecule has 1 aromatic heterocycles. The highest BCUT2D eigenvalue weighted by Gasteiger charge is 2.15. The maximum atomic E-state index is 5.92. The van der Waals surface area contributed by atoms with Crippen LogP contribution in [0.1, 0.15) is 51.1 Å². The van der Waals surface area contributed by atoms with E-state index >= 15 is 0 Å². The Labute approximate surface area is 99.0 Å². The zero-order chi connectivity index (χ0) is 12.1. The quantitative estimate of drug-likeness (QED) is 0.804. The summed E-state index contributed by atoms with van der Waals surface area (Å²) in [5, 5.41) is 4.70. The molecule has 0 bridgehead atoms. The predicted octanol–water partition coefficient (Wildman–Crippen LogP) is 2.31. The van der Waals surface area contributed by atoms with E-state index < -0.39 is 0 Å². The van der Waals surface area contributed by atoms with Crippen LogP contribution >= 0.6 is 0 Å². The van der Waals surface area contributed by atoms with Crippen LogP contribution in [0.3, 0.4) is 0 Å². The van der Waals surface area contributed by atoms with Gasteiger partial charge in [0.1, 0.15) is 0 Å². The Kier molecular flexibility index (Phi) is 5.00. The van der Waals surface area contributed by atoms with E-state index in [1.54, 1.807) is 0 Å².